The van der Waals surface area contributed by atoms with Crippen LogP contribution >= 0.6 is 0 Å². The van der Waals surface area contributed by atoms with Gasteiger partial charge >= 0.3 is 0 Å². The Morgan fingerprint density at radius 2 is 2.08 bits per heavy atom. The molecule has 72 valence electrons. The van der Waals surface area contributed by atoms with Crippen LogP contribution < -0.4 is 0 Å². The van der Waals surface area contributed by atoms with Crippen LogP contribution in [0.4, 0.5) is 0 Å². The van der Waals surface area contributed by atoms with Crippen LogP contribution in [0.3, 0.4) is 0 Å². The van der Waals surface area contributed by atoms with Gasteiger partial charge in [-0.25, -0.2) is 0 Å². The molecule has 3 nitrogen and oxygen atoms in total. The highest BCUT2D eigenvalue weighted by atomic mass is 16.5. The molecule has 0 aromatic carbocycles. The van der Waals surface area contributed by atoms with Gasteiger partial charge in [0.05, 0.1) is 12.7 Å². The van der Waals surface area contributed by atoms with Gasteiger partial charge in [0, 0.05) is 12.6 Å². The zero-order valence-corrected chi connectivity index (χ0v) is 7.99. The van der Waals surface area contributed by atoms with E-state index in [9.17, 15) is 5.11 Å². The minimum absolute atomic E-state index is 0.293. The summed E-state index contributed by atoms with van der Waals surface area (Å²) in [6.07, 6.45) is 0.668. The van der Waals surface area contributed by atoms with Crippen molar-refractivity contribution in [3.05, 3.63) is 0 Å². The van der Waals surface area contributed by atoms with Crippen LogP contribution in [0.25, 0.3) is 0 Å². The van der Waals surface area contributed by atoms with Crippen LogP contribution in [0.1, 0.15) is 20.3 Å². The van der Waals surface area contributed by atoms with Crippen molar-refractivity contribution in [3.63, 3.8) is 0 Å². The molecule has 0 aliphatic carbocycles. The Morgan fingerprint density at radius 1 is 1.42 bits per heavy atom. The lowest BCUT2D eigenvalue weighted by Crippen LogP contribution is -2.48. The minimum Gasteiger partial charge on any atom is -0.389 e. The van der Waals surface area contributed by atoms with E-state index in [1.807, 2.05) is 0 Å². The number of aliphatic hydroxyl groups is 1. The molecule has 12 heavy (non-hydrogen) atoms. The Bertz CT molecular complexity index is 126. The monoisotopic (exact) mass is 173 g/mol. The molecule has 2 atom stereocenters. The van der Waals surface area contributed by atoms with Gasteiger partial charge in [0.1, 0.15) is 0 Å². The fraction of sp³-hybridized carbons (Fsp3) is 1.00. The Balaban J connectivity index is 2.45. The number of hydrogen-bond acceptors (Lipinski definition) is 3. The van der Waals surface area contributed by atoms with Crippen molar-refractivity contribution in [2.45, 2.75) is 32.4 Å². The summed E-state index contributed by atoms with van der Waals surface area (Å²) in [5.74, 6) is 0. The number of rotatable bonds is 3. The van der Waals surface area contributed by atoms with Crippen molar-refractivity contribution in [3.8, 4) is 0 Å². The summed E-state index contributed by atoms with van der Waals surface area (Å²) in [7, 11) is 0. The first-order valence-corrected chi connectivity index (χ1v) is 4.79. The molecule has 0 amide bonds. The molecule has 2 unspecified atom stereocenters. The van der Waals surface area contributed by atoms with E-state index < -0.39 is 0 Å². The third-order valence-electron chi connectivity index (χ3n) is 2.57. The molecular formula is C9H19NO2. The first kappa shape index (κ1) is 9.96. The summed E-state index contributed by atoms with van der Waals surface area (Å²) in [5.41, 5.74) is 0. The molecule has 1 fully saturated rings. The highest BCUT2D eigenvalue weighted by Gasteiger charge is 2.27. The molecule has 0 aromatic rings. The van der Waals surface area contributed by atoms with Gasteiger partial charge in [-0.05, 0) is 19.5 Å². The second-order valence-electron chi connectivity index (χ2n) is 3.22. The quantitative estimate of drug-likeness (QED) is 0.673. The summed E-state index contributed by atoms with van der Waals surface area (Å²) in [6, 6.07) is 0.314. The highest BCUT2D eigenvalue weighted by Crippen LogP contribution is 2.14. The maximum absolute atomic E-state index is 9.63. The number of nitrogens with zero attached hydrogens (tertiary/aromatic N) is 1. The zero-order valence-electron chi connectivity index (χ0n) is 7.99. The standard InChI is InChI=1S/C9H19NO2/c1-3-10(4-2)8-5-6-12-7-9(8)11/h8-9,11H,3-7H2,1-2H3. The predicted molar refractivity (Wildman–Crippen MR) is 48.2 cm³/mol. The first-order chi connectivity index (χ1) is 5.79. The van der Waals surface area contributed by atoms with Crippen LogP contribution in [-0.2, 0) is 4.74 Å². The molecule has 1 rings (SSSR count). The molecule has 1 aliphatic rings. The van der Waals surface area contributed by atoms with E-state index in [0.717, 1.165) is 26.1 Å². The lowest BCUT2D eigenvalue weighted by atomic mass is 10.0. The Morgan fingerprint density at radius 3 is 2.58 bits per heavy atom. The average molecular weight is 173 g/mol. The van der Waals surface area contributed by atoms with E-state index in [1.54, 1.807) is 0 Å². The maximum Gasteiger partial charge on any atom is 0.0929 e. The van der Waals surface area contributed by atoms with Crippen molar-refractivity contribution in [2.24, 2.45) is 0 Å². The molecule has 0 saturated carbocycles. The largest absolute Gasteiger partial charge is 0.389 e. The number of ether oxygens (including phenoxy) is 1. The summed E-state index contributed by atoms with van der Waals surface area (Å²) < 4.78 is 5.17. The maximum atomic E-state index is 9.63. The zero-order chi connectivity index (χ0) is 8.97. The second kappa shape index (κ2) is 4.80. The fourth-order valence-electron chi connectivity index (χ4n) is 1.83. The average Bonchev–Trinajstić information content (AvgIpc) is 2.10. The molecule has 3 heteroatoms. The SMILES string of the molecule is CCN(CC)C1CCOCC1O. The van der Waals surface area contributed by atoms with E-state index in [0.29, 0.717) is 12.6 Å². The Kier molecular flexibility index (Phi) is 3.98. The van der Waals surface area contributed by atoms with Gasteiger partial charge in [-0.2, -0.15) is 0 Å². The van der Waals surface area contributed by atoms with Crippen molar-refractivity contribution in [1.82, 2.24) is 4.90 Å². The van der Waals surface area contributed by atoms with Crippen LogP contribution in [0.2, 0.25) is 0 Å². The summed E-state index contributed by atoms with van der Waals surface area (Å²) in [6.45, 7) is 7.58. The van der Waals surface area contributed by atoms with E-state index in [-0.39, 0.29) is 6.10 Å². The molecule has 0 radical (unpaired) electrons. The van der Waals surface area contributed by atoms with Gasteiger partial charge in [0.25, 0.3) is 0 Å². The molecule has 0 spiro atoms. The lowest BCUT2D eigenvalue weighted by molar-refractivity contribution is -0.0623. The Labute approximate surface area is 74.3 Å². The van der Waals surface area contributed by atoms with Crippen molar-refractivity contribution >= 4 is 0 Å². The topological polar surface area (TPSA) is 32.7 Å². The van der Waals surface area contributed by atoms with Gasteiger partial charge in [-0.15, -0.1) is 0 Å². The van der Waals surface area contributed by atoms with Gasteiger partial charge in [0.15, 0.2) is 0 Å². The number of aliphatic hydroxyl groups excluding tert-OH is 1. The third kappa shape index (κ3) is 2.19. The molecule has 1 aliphatic heterocycles. The van der Waals surface area contributed by atoms with Crippen LogP contribution in [0.5, 0.6) is 0 Å². The predicted octanol–water partition coefficient (Wildman–Crippen LogP) is 0.478. The van der Waals surface area contributed by atoms with E-state index in [2.05, 4.69) is 18.7 Å². The second-order valence-corrected chi connectivity index (χ2v) is 3.22. The summed E-state index contributed by atoms with van der Waals surface area (Å²) >= 11 is 0. The van der Waals surface area contributed by atoms with Gasteiger partial charge < -0.3 is 9.84 Å². The van der Waals surface area contributed by atoms with Crippen LogP contribution in [0, 0.1) is 0 Å². The van der Waals surface area contributed by atoms with Crippen molar-refractivity contribution in [2.75, 3.05) is 26.3 Å². The number of hydrogen-bond donors (Lipinski definition) is 1. The van der Waals surface area contributed by atoms with Gasteiger partial charge in [0.2, 0.25) is 0 Å². The highest BCUT2D eigenvalue weighted by molar-refractivity contribution is 4.80. The molecule has 1 heterocycles. The fourth-order valence-corrected chi connectivity index (χ4v) is 1.83. The third-order valence-corrected chi connectivity index (χ3v) is 2.57. The minimum atomic E-state index is -0.293. The van der Waals surface area contributed by atoms with Crippen LogP contribution in [-0.4, -0.2) is 48.5 Å². The van der Waals surface area contributed by atoms with E-state index in [4.69, 9.17) is 4.74 Å². The number of likely N-dealkylation sites (N-methyl/N-ethyl adjacent to an activating group) is 1. The summed E-state index contributed by atoms with van der Waals surface area (Å²) in [4.78, 5) is 2.30. The van der Waals surface area contributed by atoms with Crippen molar-refractivity contribution < 1.29 is 9.84 Å². The van der Waals surface area contributed by atoms with Gasteiger partial charge in [-0.3, -0.25) is 4.90 Å². The molecule has 1 N–H and O–H groups in total. The molecule has 0 aromatic heterocycles. The normalized spacial score (nSPS) is 31.0. The van der Waals surface area contributed by atoms with Gasteiger partial charge in [-0.1, -0.05) is 13.8 Å². The van der Waals surface area contributed by atoms with Crippen LogP contribution in [0.15, 0.2) is 0 Å². The Hall–Kier alpha value is -0.120. The molecule has 0 bridgehead atoms. The molecule has 1 saturated heterocycles. The summed E-state index contributed by atoms with van der Waals surface area (Å²) in [5, 5.41) is 9.63. The lowest BCUT2D eigenvalue weighted by Gasteiger charge is -2.36. The van der Waals surface area contributed by atoms with Crippen molar-refractivity contribution in [1.29, 1.82) is 0 Å². The van der Waals surface area contributed by atoms with E-state index >= 15 is 0 Å². The molecular weight excluding hydrogens is 154 g/mol. The first-order valence-electron chi connectivity index (χ1n) is 4.79. The van der Waals surface area contributed by atoms with E-state index in [1.165, 1.54) is 0 Å². The smallest absolute Gasteiger partial charge is 0.0929 e.